The van der Waals surface area contributed by atoms with Gasteiger partial charge in [0.05, 0.1) is 27.2 Å². The van der Waals surface area contributed by atoms with Gasteiger partial charge in [0.15, 0.2) is 5.13 Å². The lowest BCUT2D eigenvalue weighted by molar-refractivity contribution is 0.102. The molecule has 1 N–H and O–H groups in total. The summed E-state index contributed by atoms with van der Waals surface area (Å²) < 4.78 is 1.05. The predicted octanol–water partition coefficient (Wildman–Crippen LogP) is 4.92. The van der Waals surface area contributed by atoms with Gasteiger partial charge in [-0.2, -0.15) is 0 Å². The number of hydrogen-bond acceptors (Lipinski definition) is 4. The molecular weight excluding hydrogens is 330 g/mol. The molecule has 5 heteroatoms. The first-order valence-electron chi connectivity index (χ1n) is 7.91. The molecule has 0 fully saturated rings. The Morgan fingerprint density at radius 3 is 2.44 bits per heavy atom. The first kappa shape index (κ1) is 15.5. The first-order valence-corrected chi connectivity index (χ1v) is 8.72. The molecule has 122 valence electrons. The number of aryl methyl sites for hydroxylation is 1. The van der Waals surface area contributed by atoms with Crippen molar-refractivity contribution in [2.75, 3.05) is 5.32 Å². The minimum absolute atomic E-state index is 0.191. The van der Waals surface area contributed by atoms with Crippen LogP contribution in [0.3, 0.4) is 0 Å². The first-order chi connectivity index (χ1) is 12.2. The van der Waals surface area contributed by atoms with Gasteiger partial charge in [-0.3, -0.25) is 15.1 Å². The van der Waals surface area contributed by atoms with Gasteiger partial charge in [-0.25, -0.2) is 4.98 Å². The zero-order valence-electron chi connectivity index (χ0n) is 13.6. The van der Waals surface area contributed by atoms with E-state index < -0.39 is 0 Å². The maximum Gasteiger partial charge on any atom is 0.259 e. The lowest BCUT2D eigenvalue weighted by atomic mass is 10.1. The normalized spacial score (nSPS) is 10.8. The summed E-state index contributed by atoms with van der Waals surface area (Å²) in [7, 11) is 0. The zero-order chi connectivity index (χ0) is 17.2. The molecule has 4 nitrogen and oxygen atoms in total. The number of nitrogens with zero attached hydrogens (tertiary/aromatic N) is 2. The second kappa shape index (κ2) is 6.45. The molecule has 0 radical (unpaired) electrons. The third kappa shape index (κ3) is 3.14. The van der Waals surface area contributed by atoms with Gasteiger partial charge in [0.1, 0.15) is 0 Å². The second-order valence-electron chi connectivity index (χ2n) is 5.64. The summed E-state index contributed by atoms with van der Waals surface area (Å²) in [5, 5.41) is 3.47. The number of nitrogens with one attached hydrogen (secondary N) is 1. The van der Waals surface area contributed by atoms with E-state index in [-0.39, 0.29) is 5.91 Å². The Morgan fingerprint density at radius 1 is 0.920 bits per heavy atom. The Morgan fingerprint density at radius 2 is 1.68 bits per heavy atom. The summed E-state index contributed by atoms with van der Waals surface area (Å²) in [6, 6.07) is 21.4. The molecule has 2 heterocycles. The fourth-order valence-electron chi connectivity index (χ4n) is 2.66. The van der Waals surface area contributed by atoms with Gasteiger partial charge in [-0.05, 0) is 31.2 Å². The number of rotatable bonds is 3. The van der Waals surface area contributed by atoms with E-state index in [0.717, 1.165) is 21.5 Å². The van der Waals surface area contributed by atoms with Gasteiger partial charge in [0, 0.05) is 5.56 Å². The van der Waals surface area contributed by atoms with Crippen molar-refractivity contribution >= 4 is 32.6 Å². The van der Waals surface area contributed by atoms with Crippen LogP contribution in [-0.2, 0) is 0 Å². The number of hydrogen-bond donors (Lipinski definition) is 1. The van der Waals surface area contributed by atoms with Crippen molar-refractivity contribution in [3.63, 3.8) is 0 Å². The van der Waals surface area contributed by atoms with E-state index >= 15 is 0 Å². The quantitative estimate of drug-likeness (QED) is 0.573. The van der Waals surface area contributed by atoms with Crippen LogP contribution < -0.4 is 5.32 Å². The van der Waals surface area contributed by atoms with Gasteiger partial charge in [0.2, 0.25) is 0 Å². The molecule has 0 saturated carbocycles. The number of amides is 1. The number of carbonyl (C=O) groups is 1. The SMILES string of the molecule is Cc1nc(-c2ccccc2)ccc1C(=O)Nc1nc2ccccc2s1. The number of thiazole rings is 1. The Labute approximate surface area is 149 Å². The van der Waals surface area contributed by atoms with Crippen LogP contribution in [0.15, 0.2) is 66.7 Å². The van der Waals surface area contributed by atoms with E-state index in [1.807, 2.05) is 73.7 Å². The Balaban J connectivity index is 1.59. The summed E-state index contributed by atoms with van der Waals surface area (Å²) in [6.07, 6.45) is 0. The summed E-state index contributed by atoms with van der Waals surface area (Å²) in [4.78, 5) is 21.6. The van der Waals surface area contributed by atoms with Crippen molar-refractivity contribution in [1.29, 1.82) is 0 Å². The van der Waals surface area contributed by atoms with Crippen LogP contribution in [0.5, 0.6) is 0 Å². The molecule has 0 aliphatic carbocycles. The Kier molecular flexibility index (Phi) is 3.99. The molecule has 0 unspecified atom stereocenters. The second-order valence-corrected chi connectivity index (χ2v) is 6.67. The van der Waals surface area contributed by atoms with Crippen molar-refractivity contribution < 1.29 is 4.79 Å². The van der Waals surface area contributed by atoms with Crippen molar-refractivity contribution in [1.82, 2.24) is 9.97 Å². The molecule has 4 rings (SSSR count). The molecule has 4 aromatic rings. The maximum atomic E-state index is 12.6. The van der Waals surface area contributed by atoms with Gasteiger partial charge in [-0.1, -0.05) is 53.8 Å². The topological polar surface area (TPSA) is 54.9 Å². The smallest absolute Gasteiger partial charge is 0.259 e. The fraction of sp³-hybridized carbons (Fsp3) is 0.0500. The number of anilines is 1. The highest BCUT2D eigenvalue weighted by Gasteiger charge is 2.13. The molecule has 0 saturated heterocycles. The Bertz CT molecular complexity index is 1020. The van der Waals surface area contributed by atoms with Crippen molar-refractivity contribution in [3.05, 3.63) is 78.0 Å². The standard InChI is InChI=1S/C20H15N3OS/c1-13-15(11-12-16(21-13)14-7-3-2-4-8-14)19(24)23-20-22-17-9-5-6-10-18(17)25-20/h2-12H,1H3,(H,22,23,24). The van der Waals surface area contributed by atoms with Crippen molar-refractivity contribution in [3.8, 4) is 11.3 Å². The van der Waals surface area contributed by atoms with Crippen LogP contribution in [0.1, 0.15) is 16.1 Å². The largest absolute Gasteiger partial charge is 0.298 e. The average molecular weight is 345 g/mol. The molecule has 25 heavy (non-hydrogen) atoms. The van der Waals surface area contributed by atoms with Crippen molar-refractivity contribution in [2.45, 2.75) is 6.92 Å². The highest BCUT2D eigenvalue weighted by molar-refractivity contribution is 7.22. The number of benzene rings is 2. The van der Waals surface area contributed by atoms with Gasteiger partial charge in [-0.15, -0.1) is 0 Å². The lowest BCUT2D eigenvalue weighted by Gasteiger charge is -2.07. The van der Waals surface area contributed by atoms with Crippen molar-refractivity contribution in [2.24, 2.45) is 0 Å². The minimum atomic E-state index is -0.191. The molecule has 0 atom stereocenters. The number of aromatic nitrogens is 2. The molecule has 2 aromatic heterocycles. The molecule has 0 bridgehead atoms. The van der Waals surface area contributed by atoms with Crippen LogP contribution in [0.4, 0.5) is 5.13 Å². The van der Waals surface area contributed by atoms with Gasteiger partial charge >= 0.3 is 0 Å². The fourth-order valence-corrected chi connectivity index (χ4v) is 3.52. The van der Waals surface area contributed by atoms with Crippen LogP contribution in [0.2, 0.25) is 0 Å². The predicted molar refractivity (Wildman–Crippen MR) is 102 cm³/mol. The maximum absolute atomic E-state index is 12.6. The third-order valence-corrected chi connectivity index (χ3v) is 4.87. The molecule has 1 amide bonds. The van der Waals surface area contributed by atoms with E-state index in [4.69, 9.17) is 0 Å². The average Bonchev–Trinajstić information content (AvgIpc) is 3.04. The third-order valence-electron chi connectivity index (χ3n) is 3.91. The number of fused-ring (bicyclic) bond motifs is 1. The van der Waals surface area contributed by atoms with Crippen LogP contribution in [-0.4, -0.2) is 15.9 Å². The molecule has 0 aliphatic heterocycles. The number of carbonyl (C=O) groups excluding carboxylic acids is 1. The Hall–Kier alpha value is -3.05. The van der Waals surface area contributed by atoms with E-state index in [2.05, 4.69) is 15.3 Å². The molecule has 0 aliphatic rings. The van der Waals surface area contributed by atoms with Crippen LogP contribution in [0, 0.1) is 6.92 Å². The monoisotopic (exact) mass is 345 g/mol. The molecule has 2 aromatic carbocycles. The highest BCUT2D eigenvalue weighted by atomic mass is 32.1. The van der Waals surface area contributed by atoms with E-state index in [1.54, 1.807) is 0 Å². The summed E-state index contributed by atoms with van der Waals surface area (Å²) in [5.41, 5.74) is 4.02. The van der Waals surface area contributed by atoms with E-state index in [9.17, 15) is 4.79 Å². The zero-order valence-corrected chi connectivity index (χ0v) is 14.4. The highest BCUT2D eigenvalue weighted by Crippen LogP contribution is 2.26. The minimum Gasteiger partial charge on any atom is -0.298 e. The number of para-hydroxylation sites is 1. The molecular formula is C20H15N3OS. The van der Waals surface area contributed by atoms with Crippen LogP contribution >= 0.6 is 11.3 Å². The lowest BCUT2D eigenvalue weighted by Crippen LogP contribution is -2.14. The van der Waals surface area contributed by atoms with Gasteiger partial charge < -0.3 is 0 Å². The van der Waals surface area contributed by atoms with E-state index in [1.165, 1.54) is 11.3 Å². The van der Waals surface area contributed by atoms with E-state index in [0.29, 0.717) is 16.4 Å². The van der Waals surface area contributed by atoms with Gasteiger partial charge in [0.25, 0.3) is 5.91 Å². The summed E-state index contributed by atoms with van der Waals surface area (Å²) in [6.45, 7) is 1.85. The summed E-state index contributed by atoms with van der Waals surface area (Å²) in [5.74, 6) is -0.191. The molecule has 0 spiro atoms. The van der Waals surface area contributed by atoms with Crippen LogP contribution in [0.25, 0.3) is 21.5 Å². The summed E-state index contributed by atoms with van der Waals surface area (Å²) >= 11 is 1.46. The number of pyridine rings is 1.